The van der Waals surface area contributed by atoms with Crippen molar-refractivity contribution < 1.29 is 19.2 Å². The molecule has 0 aromatic carbocycles. The van der Waals surface area contributed by atoms with E-state index in [9.17, 15) is 9.59 Å². The number of hydroxylamine groups is 1. The van der Waals surface area contributed by atoms with Crippen molar-refractivity contribution in [1.29, 1.82) is 0 Å². The van der Waals surface area contributed by atoms with Gasteiger partial charge in [0.15, 0.2) is 5.78 Å². The van der Waals surface area contributed by atoms with Crippen LogP contribution in [-0.4, -0.2) is 31.5 Å². The molecule has 0 saturated heterocycles. The van der Waals surface area contributed by atoms with Crippen LogP contribution in [0.15, 0.2) is 25.3 Å². The first-order valence-electron chi connectivity index (χ1n) is 4.98. The second-order valence-corrected chi connectivity index (χ2v) is 2.91. The summed E-state index contributed by atoms with van der Waals surface area (Å²) in [4.78, 5) is 26.2. The summed E-state index contributed by atoms with van der Waals surface area (Å²) in [6.45, 7) is 7.73. The Morgan fingerprint density at radius 2 is 1.88 bits per heavy atom. The Bertz CT molecular complexity index is 224. The first-order chi connectivity index (χ1) is 7.70. The monoisotopic (exact) mass is 227 g/mol. The van der Waals surface area contributed by atoms with Gasteiger partial charge in [-0.25, -0.2) is 5.48 Å². The maximum atomic E-state index is 10.8. The quantitative estimate of drug-likeness (QED) is 0.340. The van der Waals surface area contributed by atoms with Crippen LogP contribution in [0.3, 0.4) is 0 Å². The van der Waals surface area contributed by atoms with Gasteiger partial charge in [-0.05, 0) is 18.6 Å². The topological polar surface area (TPSA) is 64.6 Å². The van der Waals surface area contributed by atoms with Crippen molar-refractivity contribution in [3.05, 3.63) is 25.3 Å². The minimum atomic E-state index is -0.392. The van der Waals surface area contributed by atoms with Crippen LogP contribution in [0.2, 0.25) is 0 Å². The van der Waals surface area contributed by atoms with E-state index in [0.29, 0.717) is 26.1 Å². The summed E-state index contributed by atoms with van der Waals surface area (Å²) < 4.78 is 5.16. The molecular formula is C11H17NO4. The lowest BCUT2D eigenvalue weighted by molar-refractivity contribution is -0.129. The summed E-state index contributed by atoms with van der Waals surface area (Å²) in [7, 11) is 0. The predicted octanol–water partition coefficient (Wildman–Crippen LogP) is 0.772. The standard InChI is InChI=1S/C11H17NO4/c1-3-10(13)6-5-7-15-8-9-16-12-11(14)4-2/h3-4H,1-2,5-9H2,(H,12,14). The fourth-order valence-corrected chi connectivity index (χ4v) is 0.817. The smallest absolute Gasteiger partial charge is 0.266 e. The Balaban J connectivity index is 3.15. The lowest BCUT2D eigenvalue weighted by atomic mass is 10.2. The van der Waals surface area contributed by atoms with E-state index in [1.54, 1.807) is 0 Å². The van der Waals surface area contributed by atoms with E-state index >= 15 is 0 Å². The Kier molecular flexibility index (Phi) is 9.15. The van der Waals surface area contributed by atoms with Crippen LogP contribution < -0.4 is 5.48 Å². The Labute approximate surface area is 95.1 Å². The fourth-order valence-electron chi connectivity index (χ4n) is 0.817. The zero-order chi connectivity index (χ0) is 12.2. The van der Waals surface area contributed by atoms with Gasteiger partial charge in [-0.1, -0.05) is 13.2 Å². The number of hydrogen-bond acceptors (Lipinski definition) is 4. The van der Waals surface area contributed by atoms with E-state index in [-0.39, 0.29) is 12.4 Å². The first kappa shape index (κ1) is 14.5. The molecular weight excluding hydrogens is 210 g/mol. The van der Waals surface area contributed by atoms with Gasteiger partial charge in [-0.15, -0.1) is 0 Å². The van der Waals surface area contributed by atoms with Gasteiger partial charge in [-0.2, -0.15) is 0 Å². The summed E-state index contributed by atoms with van der Waals surface area (Å²) in [6.07, 6.45) is 3.51. The maximum Gasteiger partial charge on any atom is 0.266 e. The molecule has 0 fully saturated rings. The molecule has 1 N–H and O–H groups in total. The lowest BCUT2D eigenvalue weighted by Crippen LogP contribution is -2.23. The minimum absolute atomic E-state index is 0.0121. The highest BCUT2D eigenvalue weighted by atomic mass is 16.7. The highest BCUT2D eigenvalue weighted by Gasteiger charge is 1.96. The normalized spacial score (nSPS) is 9.50. The number of rotatable bonds is 10. The third kappa shape index (κ3) is 9.11. The second-order valence-electron chi connectivity index (χ2n) is 2.91. The third-order valence-electron chi connectivity index (χ3n) is 1.63. The van der Waals surface area contributed by atoms with Gasteiger partial charge in [0, 0.05) is 13.0 Å². The van der Waals surface area contributed by atoms with Crippen LogP contribution in [0.25, 0.3) is 0 Å². The van der Waals surface area contributed by atoms with Crippen LogP contribution in [-0.2, 0) is 19.2 Å². The molecule has 90 valence electrons. The summed E-state index contributed by atoms with van der Waals surface area (Å²) in [5.41, 5.74) is 2.15. The molecule has 0 aromatic rings. The summed E-state index contributed by atoms with van der Waals surface area (Å²) >= 11 is 0. The SMILES string of the molecule is C=CC(=O)CCCOCCONC(=O)C=C. The average Bonchev–Trinajstić information content (AvgIpc) is 2.31. The zero-order valence-corrected chi connectivity index (χ0v) is 9.24. The molecule has 1 amide bonds. The Morgan fingerprint density at radius 1 is 1.12 bits per heavy atom. The zero-order valence-electron chi connectivity index (χ0n) is 9.24. The number of nitrogens with one attached hydrogen (secondary N) is 1. The van der Waals surface area contributed by atoms with Crippen molar-refractivity contribution in [2.45, 2.75) is 12.8 Å². The number of carbonyl (C=O) groups is 2. The molecule has 0 aromatic heterocycles. The van der Waals surface area contributed by atoms with E-state index in [1.807, 2.05) is 0 Å². The number of ketones is 1. The van der Waals surface area contributed by atoms with Gasteiger partial charge < -0.3 is 4.74 Å². The van der Waals surface area contributed by atoms with Crippen LogP contribution in [0.1, 0.15) is 12.8 Å². The van der Waals surface area contributed by atoms with E-state index in [4.69, 9.17) is 9.57 Å². The number of carbonyl (C=O) groups excluding carboxylic acids is 2. The molecule has 0 atom stereocenters. The molecule has 5 heteroatoms. The molecule has 5 nitrogen and oxygen atoms in total. The van der Waals surface area contributed by atoms with Gasteiger partial charge in [0.1, 0.15) is 0 Å². The van der Waals surface area contributed by atoms with Crippen molar-refractivity contribution in [1.82, 2.24) is 5.48 Å². The number of allylic oxidation sites excluding steroid dienone is 1. The molecule has 0 aliphatic carbocycles. The van der Waals surface area contributed by atoms with E-state index in [2.05, 4.69) is 18.6 Å². The van der Waals surface area contributed by atoms with Crippen LogP contribution in [0, 0.1) is 0 Å². The fraction of sp³-hybridized carbons (Fsp3) is 0.455. The van der Waals surface area contributed by atoms with Crippen molar-refractivity contribution in [3.63, 3.8) is 0 Å². The minimum Gasteiger partial charge on any atom is -0.379 e. The van der Waals surface area contributed by atoms with Crippen molar-refractivity contribution >= 4 is 11.7 Å². The Hall–Kier alpha value is -1.46. The number of hydrogen-bond donors (Lipinski definition) is 1. The van der Waals surface area contributed by atoms with E-state index in [0.717, 1.165) is 6.08 Å². The molecule has 0 aliphatic rings. The largest absolute Gasteiger partial charge is 0.379 e. The summed E-state index contributed by atoms with van der Waals surface area (Å²) in [5.74, 6) is -0.380. The van der Waals surface area contributed by atoms with Crippen LogP contribution in [0.4, 0.5) is 0 Å². The molecule has 0 spiro atoms. The third-order valence-corrected chi connectivity index (χ3v) is 1.63. The van der Waals surface area contributed by atoms with Gasteiger partial charge in [-0.3, -0.25) is 14.4 Å². The average molecular weight is 227 g/mol. The van der Waals surface area contributed by atoms with Gasteiger partial charge >= 0.3 is 0 Å². The number of ether oxygens (including phenoxy) is 1. The van der Waals surface area contributed by atoms with Crippen LogP contribution >= 0.6 is 0 Å². The number of amides is 1. The highest BCUT2D eigenvalue weighted by Crippen LogP contribution is 1.92. The molecule has 0 heterocycles. The predicted molar refractivity (Wildman–Crippen MR) is 59.5 cm³/mol. The molecule has 0 radical (unpaired) electrons. The molecule has 0 saturated carbocycles. The second kappa shape index (κ2) is 10.1. The van der Waals surface area contributed by atoms with Gasteiger partial charge in [0.05, 0.1) is 13.2 Å². The molecule has 0 bridgehead atoms. The molecule has 0 unspecified atom stereocenters. The first-order valence-corrected chi connectivity index (χ1v) is 4.98. The molecule has 0 rings (SSSR count). The van der Waals surface area contributed by atoms with Gasteiger partial charge in [0.2, 0.25) is 0 Å². The van der Waals surface area contributed by atoms with E-state index < -0.39 is 5.91 Å². The summed E-state index contributed by atoms with van der Waals surface area (Å²) in [6, 6.07) is 0. The highest BCUT2D eigenvalue weighted by molar-refractivity contribution is 5.88. The van der Waals surface area contributed by atoms with Crippen molar-refractivity contribution in [2.75, 3.05) is 19.8 Å². The van der Waals surface area contributed by atoms with Crippen molar-refractivity contribution in [2.24, 2.45) is 0 Å². The molecule has 0 aliphatic heterocycles. The summed E-state index contributed by atoms with van der Waals surface area (Å²) in [5, 5.41) is 0. The van der Waals surface area contributed by atoms with Gasteiger partial charge in [0.25, 0.3) is 5.91 Å². The Morgan fingerprint density at radius 3 is 2.50 bits per heavy atom. The van der Waals surface area contributed by atoms with Crippen LogP contribution in [0.5, 0.6) is 0 Å². The van der Waals surface area contributed by atoms with E-state index in [1.165, 1.54) is 6.08 Å². The van der Waals surface area contributed by atoms with Crippen molar-refractivity contribution in [3.8, 4) is 0 Å². The maximum absolute atomic E-state index is 10.8. The lowest BCUT2D eigenvalue weighted by Gasteiger charge is -2.04. The molecule has 16 heavy (non-hydrogen) atoms.